The van der Waals surface area contributed by atoms with Gasteiger partial charge in [-0.25, -0.2) is 0 Å². The first-order valence-electron chi connectivity index (χ1n) is 11.9. The largest absolute Gasteiger partial charge is 0.354 e. The molecule has 0 aromatic rings. The van der Waals surface area contributed by atoms with Crippen molar-refractivity contribution in [1.29, 1.82) is 0 Å². The fraction of sp³-hybridized carbons (Fsp3) is 0.913. The number of nitrogens with one attached hydrogen (secondary N) is 1. The summed E-state index contributed by atoms with van der Waals surface area (Å²) in [5.74, 6) is 2.71. The van der Waals surface area contributed by atoms with Crippen molar-refractivity contribution >= 4 is 11.8 Å². The van der Waals surface area contributed by atoms with Crippen LogP contribution in [0.15, 0.2) is 0 Å². The second kappa shape index (κ2) is 8.33. The summed E-state index contributed by atoms with van der Waals surface area (Å²) in [4.78, 5) is 30.9. The highest BCUT2D eigenvalue weighted by atomic mass is 16.2. The van der Waals surface area contributed by atoms with Gasteiger partial charge in [0, 0.05) is 13.1 Å². The molecule has 5 rings (SSSR count). The van der Waals surface area contributed by atoms with E-state index in [1.807, 2.05) is 4.90 Å². The molecule has 5 heteroatoms. The molecule has 28 heavy (non-hydrogen) atoms. The normalized spacial score (nSPS) is 36.3. The summed E-state index contributed by atoms with van der Waals surface area (Å²) in [6.45, 7) is 8.97. The zero-order valence-electron chi connectivity index (χ0n) is 17.9. The first-order chi connectivity index (χ1) is 13.5. The van der Waals surface area contributed by atoms with E-state index >= 15 is 0 Å². The fourth-order valence-corrected chi connectivity index (χ4v) is 7.13. The van der Waals surface area contributed by atoms with Crippen LogP contribution in [0.3, 0.4) is 0 Å². The Balaban J connectivity index is 1.33. The third kappa shape index (κ3) is 3.83. The lowest BCUT2D eigenvalue weighted by Gasteiger charge is -2.56. The van der Waals surface area contributed by atoms with E-state index in [1.165, 1.54) is 19.3 Å². The number of amides is 2. The van der Waals surface area contributed by atoms with Gasteiger partial charge in [-0.05, 0) is 95.2 Å². The summed E-state index contributed by atoms with van der Waals surface area (Å²) in [5.41, 5.74) is -0.125. The van der Waals surface area contributed by atoms with Crippen LogP contribution in [0.25, 0.3) is 0 Å². The van der Waals surface area contributed by atoms with Gasteiger partial charge in [-0.1, -0.05) is 13.8 Å². The van der Waals surface area contributed by atoms with E-state index in [0.717, 1.165) is 82.5 Å². The zero-order valence-corrected chi connectivity index (χ0v) is 17.9. The summed E-state index contributed by atoms with van der Waals surface area (Å²) in [5, 5.41) is 3.13. The molecule has 4 bridgehead atoms. The van der Waals surface area contributed by atoms with E-state index < -0.39 is 0 Å². The van der Waals surface area contributed by atoms with Crippen LogP contribution in [0.2, 0.25) is 0 Å². The van der Waals surface area contributed by atoms with Crippen LogP contribution in [0.1, 0.15) is 71.6 Å². The number of likely N-dealkylation sites (tertiary alicyclic amines) is 1. The number of hydrogen-bond donors (Lipinski definition) is 1. The van der Waals surface area contributed by atoms with Crippen LogP contribution in [-0.2, 0) is 9.59 Å². The summed E-state index contributed by atoms with van der Waals surface area (Å²) in [6.07, 6.45) is 10.1. The minimum absolute atomic E-state index is 0.0788. The minimum Gasteiger partial charge on any atom is -0.354 e. The molecular weight excluding hydrogens is 350 g/mol. The third-order valence-corrected chi connectivity index (χ3v) is 8.15. The molecule has 158 valence electrons. The van der Waals surface area contributed by atoms with Crippen LogP contribution < -0.4 is 5.32 Å². The van der Waals surface area contributed by atoms with E-state index in [9.17, 15) is 9.59 Å². The van der Waals surface area contributed by atoms with E-state index in [4.69, 9.17) is 0 Å². The van der Waals surface area contributed by atoms with Gasteiger partial charge in [0.15, 0.2) is 0 Å². The molecule has 5 fully saturated rings. The summed E-state index contributed by atoms with van der Waals surface area (Å²) in [6, 6.07) is -0.228. The second-order valence-corrected chi connectivity index (χ2v) is 10.0. The zero-order chi connectivity index (χ0) is 19.7. The molecule has 1 N–H and O–H groups in total. The number of nitrogens with zero attached hydrogens (tertiary/aromatic N) is 2. The molecule has 1 saturated heterocycles. The molecule has 5 nitrogen and oxygen atoms in total. The highest BCUT2D eigenvalue weighted by Gasteiger charge is 2.56. The average Bonchev–Trinajstić information content (AvgIpc) is 3.16. The molecular formula is C23H39N3O2. The highest BCUT2D eigenvalue weighted by molar-refractivity contribution is 5.91. The predicted octanol–water partition coefficient (Wildman–Crippen LogP) is 3.04. The maximum absolute atomic E-state index is 13.7. The van der Waals surface area contributed by atoms with Crippen molar-refractivity contribution in [2.24, 2.45) is 23.2 Å². The van der Waals surface area contributed by atoms with Crippen LogP contribution in [0.4, 0.5) is 0 Å². The van der Waals surface area contributed by atoms with Crippen LogP contribution in [0, 0.1) is 23.2 Å². The molecule has 4 saturated carbocycles. The molecule has 4 aliphatic carbocycles. The van der Waals surface area contributed by atoms with Gasteiger partial charge in [0.1, 0.15) is 6.04 Å². The van der Waals surface area contributed by atoms with Gasteiger partial charge in [0.05, 0.1) is 5.41 Å². The lowest BCUT2D eigenvalue weighted by atomic mass is 9.49. The van der Waals surface area contributed by atoms with Gasteiger partial charge in [-0.2, -0.15) is 0 Å². The Bertz CT molecular complexity index is 551. The Kier molecular flexibility index (Phi) is 6.01. The van der Waals surface area contributed by atoms with Crippen LogP contribution >= 0.6 is 0 Å². The van der Waals surface area contributed by atoms with E-state index in [1.54, 1.807) is 0 Å². The molecule has 1 unspecified atom stereocenters. The maximum Gasteiger partial charge on any atom is 0.242 e. The molecule has 5 aliphatic rings. The van der Waals surface area contributed by atoms with Crippen molar-refractivity contribution in [2.75, 3.05) is 32.7 Å². The van der Waals surface area contributed by atoms with Crippen molar-refractivity contribution in [3.8, 4) is 0 Å². The van der Waals surface area contributed by atoms with Gasteiger partial charge < -0.3 is 15.1 Å². The Morgan fingerprint density at radius 3 is 2.21 bits per heavy atom. The van der Waals surface area contributed by atoms with Gasteiger partial charge >= 0.3 is 0 Å². The van der Waals surface area contributed by atoms with E-state index in [2.05, 4.69) is 24.1 Å². The summed E-state index contributed by atoms with van der Waals surface area (Å²) < 4.78 is 0. The Morgan fingerprint density at radius 1 is 1.04 bits per heavy atom. The van der Waals surface area contributed by atoms with Gasteiger partial charge in [0.25, 0.3) is 0 Å². The second-order valence-electron chi connectivity index (χ2n) is 10.0. The molecule has 0 aromatic carbocycles. The average molecular weight is 390 g/mol. The number of rotatable bonds is 8. The molecule has 1 aliphatic heterocycles. The third-order valence-electron chi connectivity index (χ3n) is 8.15. The van der Waals surface area contributed by atoms with Crippen molar-refractivity contribution in [3.63, 3.8) is 0 Å². The molecule has 1 heterocycles. The smallest absolute Gasteiger partial charge is 0.242 e. The van der Waals surface area contributed by atoms with Crippen LogP contribution in [-0.4, -0.2) is 60.4 Å². The minimum atomic E-state index is -0.228. The summed E-state index contributed by atoms with van der Waals surface area (Å²) in [7, 11) is 0. The maximum atomic E-state index is 13.7. The monoisotopic (exact) mass is 389 g/mol. The van der Waals surface area contributed by atoms with Gasteiger partial charge in [-0.3, -0.25) is 9.59 Å². The van der Waals surface area contributed by atoms with Crippen molar-refractivity contribution in [2.45, 2.75) is 77.7 Å². The topological polar surface area (TPSA) is 52.7 Å². The van der Waals surface area contributed by atoms with Crippen molar-refractivity contribution in [3.05, 3.63) is 0 Å². The van der Waals surface area contributed by atoms with E-state index in [-0.39, 0.29) is 17.4 Å². The lowest BCUT2D eigenvalue weighted by molar-refractivity contribution is -0.160. The van der Waals surface area contributed by atoms with E-state index in [0.29, 0.717) is 12.5 Å². The SMILES string of the molecule is CCN(CC)CCCNC(=O)C1CCCN1C(=O)C12CC3CC(CC(C3)C1)C2. The van der Waals surface area contributed by atoms with Crippen molar-refractivity contribution in [1.82, 2.24) is 15.1 Å². The lowest BCUT2D eigenvalue weighted by Crippen LogP contribution is -2.57. The molecule has 1 atom stereocenters. The number of carbonyl (C=O) groups is 2. The van der Waals surface area contributed by atoms with Gasteiger partial charge in [-0.15, -0.1) is 0 Å². The Labute approximate surface area is 170 Å². The molecule has 0 radical (unpaired) electrons. The highest BCUT2D eigenvalue weighted by Crippen LogP contribution is 2.60. The van der Waals surface area contributed by atoms with Crippen molar-refractivity contribution < 1.29 is 9.59 Å². The first kappa shape index (κ1) is 20.2. The number of hydrogen-bond acceptors (Lipinski definition) is 3. The first-order valence-corrected chi connectivity index (χ1v) is 11.9. The Morgan fingerprint density at radius 2 is 1.64 bits per heavy atom. The van der Waals surface area contributed by atoms with Gasteiger partial charge in [0.2, 0.25) is 11.8 Å². The molecule has 0 spiro atoms. The summed E-state index contributed by atoms with van der Waals surface area (Å²) >= 11 is 0. The Hall–Kier alpha value is -1.10. The molecule has 2 amide bonds. The van der Waals surface area contributed by atoms with Crippen LogP contribution in [0.5, 0.6) is 0 Å². The quantitative estimate of drug-likeness (QED) is 0.649. The fourth-order valence-electron chi connectivity index (χ4n) is 7.13. The standard InChI is InChI=1S/C23H39N3O2/c1-3-25(4-2)9-6-8-24-21(27)20-7-5-10-26(20)22(28)23-14-17-11-18(15-23)13-19(12-17)16-23/h17-20H,3-16H2,1-2H3,(H,24,27). The number of carbonyl (C=O) groups excluding carboxylic acids is 2. The molecule has 0 aromatic heterocycles. The predicted molar refractivity (Wildman–Crippen MR) is 111 cm³/mol.